The third-order valence-corrected chi connectivity index (χ3v) is 4.93. The van der Waals surface area contributed by atoms with E-state index in [0.29, 0.717) is 5.41 Å². The normalized spacial score (nSPS) is 32.0. The molecule has 0 bridgehead atoms. The zero-order valence-corrected chi connectivity index (χ0v) is 14.7. The molecule has 21 heavy (non-hydrogen) atoms. The smallest absolute Gasteiger partial charge is 0.0546 e. The van der Waals surface area contributed by atoms with Crippen molar-refractivity contribution in [2.45, 2.75) is 51.6 Å². The van der Waals surface area contributed by atoms with E-state index in [1.165, 1.54) is 38.9 Å². The molecule has 2 heterocycles. The van der Waals surface area contributed by atoms with Crippen LogP contribution in [0.2, 0.25) is 0 Å². The molecule has 0 radical (unpaired) electrons. The molecule has 1 N–H and O–H groups in total. The Bertz CT molecular complexity index is 318. The number of rotatable bonds is 5. The van der Waals surface area contributed by atoms with Gasteiger partial charge in [0.15, 0.2) is 0 Å². The summed E-state index contributed by atoms with van der Waals surface area (Å²) < 4.78 is 5.86. The molecule has 2 atom stereocenters. The van der Waals surface area contributed by atoms with Crippen molar-refractivity contribution < 1.29 is 4.74 Å². The second-order valence-corrected chi connectivity index (χ2v) is 8.40. The summed E-state index contributed by atoms with van der Waals surface area (Å²) in [7, 11) is 4.41. The van der Waals surface area contributed by atoms with Crippen molar-refractivity contribution in [1.82, 2.24) is 15.1 Å². The summed E-state index contributed by atoms with van der Waals surface area (Å²) in [5.74, 6) is 0. The minimum absolute atomic E-state index is 0.182. The van der Waals surface area contributed by atoms with Crippen LogP contribution in [-0.4, -0.2) is 74.9 Å². The molecule has 2 saturated heterocycles. The molecule has 0 aromatic heterocycles. The molecule has 2 unspecified atom stereocenters. The highest BCUT2D eigenvalue weighted by Crippen LogP contribution is 2.31. The second kappa shape index (κ2) is 6.95. The van der Waals surface area contributed by atoms with Gasteiger partial charge in [0.05, 0.1) is 6.61 Å². The topological polar surface area (TPSA) is 27.7 Å². The molecule has 2 aliphatic heterocycles. The molecule has 2 fully saturated rings. The summed E-state index contributed by atoms with van der Waals surface area (Å²) in [6.07, 6.45) is 3.80. The molecule has 0 aromatic rings. The quantitative estimate of drug-likeness (QED) is 0.837. The van der Waals surface area contributed by atoms with Gasteiger partial charge in [-0.2, -0.15) is 0 Å². The fraction of sp³-hybridized carbons (Fsp3) is 1.00. The monoisotopic (exact) mass is 297 g/mol. The van der Waals surface area contributed by atoms with E-state index in [0.717, 1.165) is 25.8 Å². The maximum absolute atomic E-state index is 5.86. The third-order valence-electron chi connectivity index (χ3n) is 4.93. The summed E-state index contributed by atoms with van der Waals surface area (Å²) >= 11 is 0. The molecule has 4 heteroatoms. The lowest BCUT2D eigenvalue weighted by Gasteiger charge is -2.42. The van der Waals surface area contributed by atoms with Gasteiger partial charge in [-0.3, -0.25) is 0 Å². The van der Waals surface area contributed by atoms with Crippen molar-refractivity contribution >= 4 is 0 Å². The first-order valence-corrected chi connectivity index (χ1v) is 8.51. The van der Waals surface area contributed by atoms with Crippen LogP contribution in [0.25, 0.3) is 0 Å². The minimum atomic E-state index is 0.182. The summed E-state index contributed by atoms with van der Waals surface area (Å²) in [5, 5.41) is 3.72. The van der Waals surface area contributed by atoms with Gasteiger partial charge in [0, 0.05) is 43.2 Å². The van der Waals surface area contributed by atoms with Crippen molar-refractivity contribution in [2.24, 2.45) is 5.41 Å². The van der Waals surface area contributed by atoms with E-state index in [1.54, 1.807) is 0 Å². The fourth-order valence-electron chi connectivity index (χ4n) is 3.53. The SMILES string of the molecule is CN(C)C1CCN(CC2(CNC(C)(C)C)CCCOC2)C1. The molecule has 124 valence electrons. The second-order valence-electron chi connectivity index (χ2n) is 8.40. The van der Waals surface area contributed by atoms with Gasteiger partial charge in [-0.1, -0.05) is 0 Å². The predicted octanol–water partition coefficient (Wildman–Crippen LogP) is 1.81. The number of ether oxygens (including phenoxy) is 1. The number of likely N-dealkylation sites (tertiary alicyclic amines) is 1. The molecular weight excluding hydrogens is 262 g/mol. The number of likely N-dealkylation sites (N-methyl/N-ethyl adjacent to an activating group) is 1. The van der Waals surface area contributed by atoms with E-state index in [4.69, 9.17) is 4.74 Å². The average Bonchev–Trinajstić information content (AvgIpc) is 2.85. The number of hydrogen-bond donors (Lipinski definition) is 1. The molecule has 4 nitrogen and oxygen atoms in total. The van der Waals surface area contributed by atoms with Crippen LogP contribution >= 0.6 is 0 Å². The molecule has 0 aliphatic carbocycles. The van der Waals surface area contributed by atoms with Crippen molar-refractivity contribution in [3.63, 3.8) is 0 Å². The van der Waals surface area contributed by atoms with E-state index >= 15 is 0 Å². The lowest BCUT2D eigenvalue weighted by molar-refractivity contribution is -0.0262. The minimum Gasteiger partial charge on any atom is -0.381 e. The van der Waals surface area contributed by atoms with Crippen LogP contribution < -0.4 is 5.32 Å². The Morgan fingerprint density at radius 1 is 1.33 bits per heavy atom. The van der Waals surface area contributed by atoms with Crippen LogP contribution in [0.1, 0.15) is 40.0 Å². The predicted molar refractivity (Wildman–Crippen MR) is 88.8 cm³/mol. The van der Waals surface area contributed by atoms with E-state index < -0.39 is 0 Å². The molecule has 0 saturated carbocycles. The zero-order valence-electron chi connectivity index (χ0n) is 14.7. The van der Waals surface area contributed by atoms with Crippen LogP contribution in [0.15, 0.2) is 0 Å². The number of nitrogens with one attached hydrogen (secondary N) is 1. The summed E-state index contributed by atoms with van der Waals surface area (Å²) in [6.45, 7) is 13.3. The largest absolute Gasteiger partial charge is 0.381 e. The van der Waals surface area contributed by atoms with Gasteiger partial charge >= 0.3 is 0 Å². The Balaban J connectivity index is 1.93. The Kier molecular flexibility index (Phi) is 5.69. The fourth-order valence-corrected chi connectivity index (χ4v) is 3.53. The van der Waals surface area contributed by atoms with Gasteiger partial charge in [0.1, 0.15) is 0 Å². The molecule has 0 spiro atoms. The first kappa shape index (κ1) is 17.2. The summed E-state index contributed by atoms with van der Waals surface area (Å²) in [5.41, 5.74) is 0.481. The highest BCUT2D eigenvalue weighted by Gasteiger charge is 2.37. The molecular formula is C17H35N3O. The highest BCUT2D eigenvalue weighted by molar-refractivity contribution is 4.92. The molecule has 0 amide bonds. The first-order chi connectivity index (χ1) is 9.80. The van der Waals surface area contributed by atoms with Gasteiger partial charge in [0.2, 0.25) is 0 Å². The first-order valence-electron chi connectivity index (χ1n) is 8.51. The van der Waals surface area contributed by atoms with Crippen LogP contribution in [0.5, 0.6) is 0 Å². The molecule has 0 aromatic carbocycles. The van der Waals surface area contributed by atoms with E-state index in [9.17, 15) is 0 Å². The van der Waals surface area contributed by atoms with Gasteiger partial charge < -0.3 is 19.9 Å². The third kappa shape index (κ3) is 5.20. The van der Waals surface area contributed by atoms with Crippen molar-refractivity contribution in [3.05, 3.63) is 0 Å². The molecule has 2 rings (SSSR count). The Hall–Kier alpha value is -0.160. The molecule has 2 aliphatic rings. The zero-order chi connectivity index (χ0) is 15.5. The van der Waals surface area contributed by atoms with Crippen LogP contribution in [0.4, 0.5) is 0 Å². The summed E-state index contributed by atoms with van der Waals surface area (Å²) in [6, 6.07) is 0.724. The maximum atomic E-state index is 5.86. The Labute approximate surface area is 131 Å². The van der Waals surface area contributed by atoms with E-state index in [2.05, 4.69) is 50.0 Å². The van der Waals surface area contributed by atoms with E-state index in [-0.39, 0.29) is 5.54 Å². The number of hydrogen-bond acceptors (Lipinski definition) is 4. The van der Waals surface area contributed by atoms with Crippen molar-refractivity contribution in [2.75, 3.05) is 53.5 Å². The highest BCUT2D eigenvalue weighted by atomic mass is 16.5. The van der Waals surface area contributed by atoms with Gasteiger partial charge in [-0.05, 0) is 60.7 Å². The lowest BCUT2D eigenvalue weighted by Crippen LogP contribution is -2.52. The van der Waals surface area contributed by atoms with Crippen LogP contribution in [-0.2, 0) is 4.74 Å². The number of nitrogens with zero attached hydrogens (tertiary/aromatic N) is 2. The van der Waals surface area contributed by atoms with Crippen molar-refractivity contribution in [3.8, 4) is 0 Å². The van der Waals surface area contributed by atoms with Gasteiger partial charge in [-0.25, -0.2) is 0 Å². The van der Waals surface area contributed by atoms with E-state index in [1.807, 2.05) is 0 Å². The van der Waals surface area contributed by atoms with Gasteiger partial charge in [-0.15, -0.1) is 0 Å². The van der Waals surface area contributed by atoms with Crippen LogP contribution in [0.3, 0.4) is 0 Å². The maximum Gasteiger partial charge on any atom is 0.0546 e. The van der Waals surface area contributed by atoms with Gasteiger partial charge in [0.25, 0.3) is 0 Å². The average molecular weight is 297 g/mol. The standard InChI is InChI=1S/C17H35N3O/c1-16(2,3)18-12-17(8-6-10-21-14-17)13-20-9-7-15(11-20)19(4)5/h15,18H,6-14H2,1-5H3. The Morgan fingerprint density at radius 3 is 2.62 bits per heavy atom. The van der Waals surface area contributed by atoms with Crippen LogP contribution in [0, 0.1) is 5.41 Å². The summed E-state index contributed by atoms with van der Waals surface area (Å²) in [4.78, 5) is 5.03. The lowest BCUT2D eigenvalue weighted by atomic mass is 9.81. The van der Waals surface area contributed by atoms with Crippen molar-refractivity contribution in [1.29, 1.82) is 0 Å². The Morgan fingerprint density at radius 2 is 2.10 bits per heavy atom.